The summed E-state index contributed by atoms with van der Waals surface area (Å²) in [5, 5.41) is 0.539. The Bertz CT molecular complexity index is 1360. The number of likely N-dealkylation sites (N-methyl/N-ethyl adjacent to an activating group) is 1. The lowest BCUT2D eigenvalue weighted by atomic mass is 9.96. The van der Waals surface area contributed by atoms with Crippen molar-refractivity contribution in [3.63, 3.8) is 0 Å². The number of carbonyl (C=O) groups excluding carboxylic acids is 1. The standard InChI is InChI=1S/C25H21N3O3/c1-27-22-10-6-4-7-18(22)20(24(27)29)15-23-26-21-9-5-3-8-19(21)25(30)28(23)16-11-13-17(31-2)14-12-16/h3-14,20H,15H2,1-2H3/t20-/m1/s1. The largest absolute Gasteiger partial charge is 0.497 e. The van der Waals surface area contributed by atoms with Gasteiger partial charge in [0.2, 0.25) is 5.91 Å². The van der Waals surface area contributed by atoms with E-state index in [-0.39, 0.29) is 11.5 Å². The molecule has 0 saturated heterocycles. The van der Waals surface area contributed by atoms with Crippen molar-refractivity contribution in [1.82, 2.24) is 9.55 Å². The fraction of sp³-hybridized carbons (Fsp3) is 0.160. The summed E-state index contributed by atoms with van der Waals surface area (Å²) >= 11 is 0. The molecule has 5 rings (SSSR count). The Morgan fingerprint density at radius 3 is 2.42 bits per heavy atom. The van der Waals surface area contributed by atoms with E-state index in [1.165, 1.54) is 0 Å². The van der Waals surface area contributed by atoms with Crippen LogP contribution in [0.2, 0.25) is 0 Å². The summed E-state index contributed by atoms with van der Waals surface area (Å²) in [6.45, 7) is 0. The number of hydrogen-bond acceptors (Lipinski definition) is 4. The number of benzene rings is 3. The topological polar surface area (TPSA) is 64.4 Å². The highest BCUT2D eigenvalue weighted by Gasteiger charge is 2.36. The molecule has 0 bridgehead atoms. The van der Waals surface area contributed by atoms with E-state index in [2.05, 4.69) is 0 Å². The number of amides is 1. The second-order valence-corrected chi connectivity index (χ2v) is 7.60. The van der Waals surface area contributed by atoms with Crippen molar-refractivity contribution in [2.24, 2.45) is 0 Å². The molecule has 0 fully saturated rings. The molecule has 1 aliphatic rings. The number of fused-ring (bicyclic) bond motifs is 2. The number of anilines is 1. The van der Waals surface area contributed by atoms with Gasteiger partial charge in [-0.1, -0.05) is 30.3 Å². The van der Waals surface area contributed by atoms with Gasteiger partial charge in [0.05, 0.1) is 29.6 Å². The molecule has 6 heteroatoms. The number of ether oxygens (including phenoxy) is 1. The second-order valence-electron chi connectivity index (χ2n) is 7.60. The van der Waals surface area contributed by atoms with Gasteiger partial charge in [0.25, 0.3) is 5.56 Å². The smallest absolute Gasteiger partial charge is 0.265 e. The lowest BCUT2D eigenvalue weighted by Gasteiger charge is -2.17. The SMILES string of the molecule is COc1ccc(-n2c(C[C@H]3C(=O)N(C)c4ccccc43)nc3ccccc3c2=O)cc1. The number of rotatable bonds is 4. The highest BCUT2D eigenvalue weighted by atomic mass is 16.5. The van der Waals surface area contributed by atoms with Gasteiger partial charge in [0.1, 0.15) is 11.6 Å². The second kappa shape index (κ2) is 7.40. The summed E-state index contributed by atoms with van der Waals surface area (Å²) in [7, 11) is 3.38. The van der Waals surface area contributed by atoms with E-state index in [0.717, 1.165) is 11.3 Å². The van der Waals surface area contributed by atoms with Gasteiger partial charge < -0.3 is 9.64 Å². The molecule has 6 nitrogen and oxygen atoms in total. The van der Waals surface area contributed by atoms with E-state index < -0.39 is 5.92 Å². The molecule has 1 aliphatic heterocycles. The predicted molar refractivity (Wildman–Crippen MR) is 120 cm³/mol. The molecule has 0 unspecified atom stereocenters. The first-order valence-electron chi connectivity index (χ1n) is 10.1. The molecule has 2 heterocycles. The van der Waals surface area contributed by atoms with E-state index in [1.807, 2.05) is 66.7 Å². The molecule has 4 aromatic rings. The molecule has 0 aliphatic carbocycles. The first-order valence-corrected chi connectivity index (χ1v) is 10.1. The fourth-order valence-electron chi connectivity index (χ4n) is 4.27. The van der Waals surface area contributed by atoms with Crippen LogP contribution in [0.3, 0.4) is 0 Å². The van der Waals surface area contributed by atoms with Crippen LogP contribution in [0.1, 0.15) is 17.3 Å². The maximum atomic E-state index is 13.5. The third-order valence-electron chi connectivity index (χ3n) is 5.86. The first kappa shape index (κ1) is 19.1. The molecule has 3 aromatic carbocycles. The van der Waals surface area contributed by atoms with Gasteiger partial charge in [-0.05, 0) is 48.0 Å². The molecular weight excluding hydrogens is 390 g/mol. The summed E-state index contributed by atoms with van der Waals surface area (Å²) in [4.78, 5) is 33.0. The Morgan fingerprint density at radius 1 is 0.935 bits per heavy atom. The van der Waals surface area contributed by atoms with E-state index in [4.69, 9.17) is 9.72 Å². The summed E-state index contributed by atoms with van der Waals surface area (Å²) in [5.41, 5.74) is 3.01. The van der Waals surface area contributed by atoms with Crippen molar-refractivity contribution in [2.75, 3.05) is 19.1 Å². The van der Waals surface area contributed by atoms with E-state index >= 15 is 0 Å². The zero-order chi connectivity index (χ0) is 21.5. The lowest BCUT2D eigenvalue weighted by molar-refractivity contribution is -0.119. The number of para-hydroxylation sites is 2. The van der Waals surface area contributed by atoms with Crippen molar-refractivity contribution in [3.05, 3.63) is 94.5 Å². The van der Waals surface area contributed by atoms with Crippen LogP contribution < -0.4 is 15.2 Å². The minimum Gasteiger partial charge on any atom is -0.497 e. The van der Waals surface area contributed by atoms with Gasteiger partial charge >= 0.3 is 0 Å². The van der Waals surface area contributed by atoms with E-state index in [1.54, 1.807) is 29.7 Å². The number of hydrogen-bond donors (Lipinski definition) is 0. The van der Waals surface area contributed by atoms with Crippen molar-refractivity contribution >= 4 is 22.5 Å². The van der Waals surface area contributed by atoms with Gasteiger partial charge in [-0.3, -0.25) is 14.2 Å². The molecular formula is C25H21N3O3. The van der Waals surface area contributed by atoms with Crippen LogP contribution in [-0.4, -0.2) is 29.6 Å². The van der Waals surface area contributed by atoms with Crippen LogP contribution in [0.5, 0.6) is 5.75 Å². The number of nitrogens with zero attached hydrogens (tertiary/aromatic N) is 3. The summed E-state index contributed by atoms with van der Waals surface area (Å²) in [5.74, 6) is 0.870. The molecule has 154 valence electrons. The Kier molecular flexibility index (Phi) is 4.55. The van der Waals surface area contributed by atoms with Gasteiger partial charge in [-0.25, -0.2) is 4.98 Å². The van der Waals surface area contributed by atoms with Crippen LogP contribution in [0.25, 0.3) is 16.6 Å². The van der Waals surface area contributed by atoms with Crippen molar-refractivity contribution < 1.29 is 9.53 Å². The van der Waals surface area contributed by atoms with Crippen LogP contribution >= 0.6 is 0 Å². The summed E-state index contributed by atoms with van der Waals surface area (Å²) in [6, 6.07) is 22.3. The van der Waals surface area contributed by atoms with Crippen molar-refractivity contribution in [2.45, 2.75) is 12.3 Å². The maximum absolute atomic E-state index is 13.5. The van der Waals surface area contributed by atoms with Crippen LogP contribution in [-0.2, 0) is 11.2 Å². The third kappa shape index (κ3) is 3.08. The highest BCUT2D eigenvalue weighted by Crippen LogP contribution is 2.38. The van der Waals surface area contributed by atoms with Gasteiger partial charge in [0, 0.05) is 19.2 Å². The molecule has 0 radical (unpaired) electrons. The normalized spacial score (nSPS) is 15.4. The molecule has 1 aromatic heterocycles. The lowest BCUT2D eigenvalue weighted by Crippen LogP contribution is -2.29. The van der Waals surface area contributed by atoms with Crippen LogP contribution in [0.15, 0.2) is 77.6 Å². The minimum atomic E-state index is -0.390. The molecule has 31 heavy (non-hydrogen) atoms. The number of methoxy groups -OCH3 is 1. The Morgan fingerprint density at radius 2 is 1.65 bits per heavy atom. The van der Waals surface area contributed by atoms with Crippen LogP contribution in [0, 0.1) is 0 Å². The minimum absolute atomic E-state index is 0.00453. The van der Waals surface area contributed by atoms with Crippen LogP contribution in [0.4, 0.5) is 5.69 Å². The highest BCUT2D eigenvalue weighted by molar-refractivity contribution is 6.04. The molecule has 1 amide bonds. The zero-order valence-electron chi connectivity index (χ0n) is 17.3. The summed E-state index contributed by atoms with van der Waals surface area (Å²) in [6.07, 6.45) is 0.326. The fourth-order valence-corrected chi connectivity index (χ4v) is 4.27. The predicted octanol–water partition coefficient (Wildman–Crippen LogP) is 3.70. The average molecular weight is 411 g/mol. The molecule has 0 spiro atoms. The average Bonchev–Trinajstić information content (AvgIpc) is 3.04. The van der Waals surface area contributed by atoms with E-state index in [9.17, 15) is 9.59 Å². The Hall–Kier alpha value is -3.93. The van der Waals surface area contributed by atoms with Crippen molar-refractivity contribution in [3.8, 4) is 11.4 Å². The monoisotopic (exact) mass is 411 g/mol. The number of carbonyl (C=O) groups is 1. The van der Waals surface area contributed by atoms with Crippen molar-refractivity contribution in [1.29, 1.82) is 0 Å². The van der Waals surface area contributed by atoms with Gasteiger partial charge in [-0.15, -0.1) is 0 Å². The first-order chi connectivity index (χ1) is 15.1. The zero-order valence-corrected chi connectivity index (χ0v) is 17.3. The quantitative estimate of drug-likeness (QED) is 0.514. The Balaban J connectivity index is 1.69. The van der Waals surface area contributed by atoms with Gasteiger partial charge in [0.15, 0.2) is 0 Å². The number of aromatic nitrogens is 2. The third-order valence-corrected chi connectivity index (χ3v) is 5.86. The maximum Gasteiger partial charge on any atom is 0.265 e. The molecule has 0 saturated carbocycles. The molecule has 1 atom stereocenters. The summed E-state index contributed by atoms with van der Waals surface area (Å²) < 4.78 is 6.86. The van der Waals surface area contributed by atoms with Gasteiger partial charge in [-0.2, -0.15) is 0 Å². The Labute approximate surface area is 179 Å². The molecule has 0 N–H and O–H groups in total. The van der Waals surface area contributed by atoms with E-state index in [0.29, 0.717) is 34.6 Å².